The van der Waals surface area contributed by atoms with Crippen LogP contribution in [0.2, 0.25) is 0 Å². The molecule has 0 bridgehead atoms. The molecule has 0 heterocycles. The Labute approximate surface area is 78.2 Å². The van der Waals surface area contributed by atoms with Crippen LogP contribution in [0.1, 0.15) is 6.92 Å². The highest BCUT2D eigenvalue weighted by atomic mass is 127. The molecule has 0 N–H and O–H groups in total. The number of carbonyl (C=O) groups is 1. The summed E-state index contributed by atoms with van der Waals surface area (Å²) < 4.78 is 19.7. The van der Waals surface area contributed by atoms with E-state index in [0.29, 0.717) is 0 Å². The second-order valence-electron chi connectivity index (χ2n) is 1.85. The lowest BCUT2D eigenvalue weighted by atomic mass is 10.5. The molecule has 0 aliphatic rings. The van der Waals surface area contributed by atoms with Crippen LogP contribution in [-0.2, 0) is 14.6 Å². The van der Waals surface area contributed by atoms with E-state index in [9.17, 15) is 13.2 Å². The summed E-state index contributed by atoms with van der Waals surface area (Å²) in [6.45, 7) is 1.14. The number of ketones is 1. The minimum Gasteiger partial charge on any atom is -0.296 e. The van der Waals surface area contributed by atoms with Gasteiger partial charge >= 0.3 is 0 Å². The molecule has 0 radical (unpaired) electrons. The van der Waals surface area contributed by atoms with Gasteiger partial charge in [0.05, 0.1) is 0 Å². The van der Waals surface area contributed by atoms with Crippen LogP contribution in [0.3, 0.4) is 0 Å². The summed E-state index contributed by atoms with van der Waals surface area (Å²) in [4.78, 5) is 10.6. The van der Waals surface area contributed by atoms with E-state index in [1.54, 1.807) is 0 Å². The van der Waals surface area contributed by atoms with E-state index < -0.39 is 17.8 Å². The van der Waals surface area contributed by atoms with Crippen molar-refractivity contribution in [2.45, 2.75) is 9.14 Å². The van der Waals surface area contributed by atoms with Crippen LogP contribution >= 0.6 is 34.2 Å². The number of Topliss-reactive ketones (excluding diaryl/α,β-unsaturated/α-hetero) is 1. The van der Waals surface area contributed by atoms with E-state index in [2.05, 4.69) is 0 Å². The Kier molecular flexibility index (Phi) is 3.13. The molecule has 0 fully saturated rings. The van der Waals surface area contributed by atoms with Crippen molar-refractivity contribution in [3.63, 3.8) is 0 Å². The first-order valence-corrected chi connectivity index (χ1v) is 5.63. The number of halogens is 2. The van der Waals surface area contributed by atoms with Crippen LogP contribution in [0.25, 0.3) is 0 Å². The monoisotopic (exact) mass is 296 g/mol. The predicted octanol–water partition coefficient (Wildman–Crippen LogP) is 0.948. The molecule has 60 valence electrons. The molecule has 0 aromatic carbocycles. The number of hydrogen-bond acceptors (Lipinski definition) is 3. The first-order chi connectivity index (χ1) is 4.19. The van der Waals surface area contributed by atoms with Gasteiger partial charge in [-0.15, -0.1) is 0 Å². The summed E-state index contributed by atoms with van der Waals surface area (Å²) >= 11 is 6.80. The smallest absolute Gasteiger partial charge is 0.252 e. The zero-order valence-electron chi connectivity index (χ0n) is 5.39. The Bertz CT molecular complexity index is 243. The minimum absolute atomic E-state index is 0.572. The maximum atomic E-state index is 10.7. The third-order valence-electron chi connectivity index (χ3n) is 0.876. The molecule has 10 heavy (non-hydrogen) atoms. The van der Waals surface area contributed by atoms with Gasteiger partial charge in [0.2, 0.25) is 0 Å². The van der Waals surface area contributed by atoms with Crippen molar-refractivity contribution in [2.75, 3.05) is 6.26 Å². The second kappa shape index (κ2) is 2.94. The fraction of sp³-hybridized carbons (Fsp3) is 0.750. The molecule has 0 amide bonds. The van der Waals surface area contributed by atoms with Crippen molar-refractivity contribution in [2.24, 2.45) is 0 Å². The van der Waals surface area contributed by atoms with Crippen molar-refractivity contribution >= 4 is 49.8 Å². The van der Waals surface area contributed by atoms with E-state index in [-0.39, 0.29) is 0 Å². The van der Waals surface area contributed by atoms with Gasteiger partial charge in [-0.3, -0.25) is 4.79 Å². The molecular weight excluding hydrogens is 290 g/mol. The highest BCUT2D eigenvalue weighted by Gasteiger charge is 2.40. The predicted molar refractivity (Wildman–Crippen MR) is 48.1 cm³/mol. The molecule has 0 saturated heterocycles. The highest BCUT2D eigenvalue weighted by Crippen LogP contribution is 2.31. The molecule has 6 heteroatoms. The van der Waals surface area contributed by atoms with Gasteiger partial charge < -0.3 is 0 Å². The fourth-order valence-electron chi connectivity index (χ4n) is 0.261. The Morgan fingerprint density at radius 2 is 1.90 bits per heavy atom. The summed E-state index contributed by atoms with van der Waals surface area (Å²) in [7, 11) is -3.50. The molecule has 0 aromatic rings. The Hall–Kier alpha value is 0.640. The number of alkyl halides is 2. The average molecular weight is 297 g/mol. The first-order valence-electron chi connectivity index (χ1n) is 2.28. The molecule has 0 rings (SSSR count). The zero-order chi connectivity index (χ0) is 8.58. The van der Waals surface area contributed by atoms with E-state index in [1.165, 1.54) is 22.6 Å². The van der Waals surface area contributed by atoms with E-state index in [4.69, 9.17) is 11.6 Å². The molecule has 0 aliphatic heterocycles. The Morgan fingerprint density at radius 3 is 1.90 bits per heavy atom. The van der Waals surface area contributed by atoms with Crippen molar-refractivity contribution in [3.8, 4) is 0 Å². The van der Waals surface area contributed by atoms with Gasteiger partial charge in [-0.05, 0) is 29.5 Å². The number of sulfone groups is 1. The lowest BCUT2D eigenvalue weighted by Crippen LogP contribution is -2.31. The molecule has 0 spiro atoms. The van der Waals surface area contributed by atoms with Crippen molar-refractivity contribution in [1.82, 2.24) is 0 Å². The topological polar surface area (TPSA) is 51.2 Å². The largest absolute Gasteiger partial charge is 0.296 e. The van der Waals surface area contributed by atoms with Crippen LogP contribution in [0.4, 0.5) is 0 Å². The van der Waals surface area contributed by atoms with E-state index >= 15 is 0 Å². The Morgan fingerprint density at radius 1 is 1.60 bits per heavy atom. The van der Waals surface area contributed by atoms with Gasteiger partial charge in [-0.1, -0.05) is 11.6 Å². The number of hydrogen-bond donors (Lipinski definition) is 0. The summed E-state index contributed by atoms with van der Waals surface area (Å²) in [6, 6.07) is 0. The SMILES string of the molecule is CC(=O)C(Cl)(I)S(C)(=O)=O. The third kappa shape index (κ3) is 2.06. The minimum atomic E-state index is -3.50. The van der Waals surface area contributed by atoms with Crippen molar-refractivity contribution in [1.29, 1.82) is 0 Å². The first kappa shape index (κ1) is 10.6. The maximum Gasteiger partial charge on any atom is 0.252 e. The summed E-state index contributed by atoms with van der Waals surface area (Å²) in [6.07, 6.45) is 0.924. The van der Waals surface area contributed by atoms with Crippen LogP contribution in [0.15, 0.2) is 0 Å². The van der Waals surface area contributed by atoms with Gasteiger partial charge in [0, 0.05) is 6.26 Å². The number of carbonyl (C=O) groups excluding carboxylic acids is 1. The van der Waals surface area contributed by atoms with E-state index in [0.717, 1.165) is 13.2 Å². The summed E-state index contributed by atoms with van der Waals surface area (Å²) in [5.41, 5.74) is 0. The summed E-state index contributed by atoms with van der Waals surface area (Å²) in [5, 5.41) is 0. The third-order valence-corrected chi connectivity index (χ3v) is 6.36. The average Bonchev–Trinajstić information content (AvgIpc) is 1.62. The molecular formula is C4H6ClIO3S. The zero-order valence-corrected chi connectivity index (χ0v) is 9.12. The standard InChI is InChI=1S/C4H6ClIO3S/c1-3(7)4(5,6)10(2,8)9/h1-2H3. The van der Waals surface area contributed by atoms with Gasteiger partial charge in [0.1, 0.15) is 0 Å². The molecule has 1 unspecified atom stereocenters. The Balaban J connectivity index is 4.95. The van der Waals surface area contributed by atoms with Crippen molar-refractivity contribution in [3.05, 3.63) is 0 Å². The maximum absolute atomic E-state index is 10.7. The molecule has 0 saturated carbocycles. The second-order valence-corrected chi connectivity index (χ2v) is 7.78. The molecule has 1 atom stereocenters. The molecule has 3 nitrogen and oxygen atoms in total. The highest BCUT2D eigenvalue weighted by molar-refractivity contribution is 14.1. The summed E-state index contributed by atoms with van der Waals surface area (Å²) in [5.74, 6) is -0.572. The van der Waals surface area contributed by atoms with Gasteiger partial charge in [0.25, 0.3) is 2.21 Å². The molecule has 0 aromatic heterocycles. The van der Waals surface area contributed by atoms with Gasteiger partial charge in [-0.25, -0.2) is 8.42 Å². The van der Waals surface area contributed by atoms with Crippen molar-refractivity contribution < 1.29 is 13.2 Å². The van der Waals surface area contributed by atoms with Crippen LogP contribution in [0.5, 0.6) is 0 Å². The normalized spacial score (nSPS) is 18.0. The van der Waals surface area contributed by atoms with Gasteiger partial charge in [-0.2, -0.15) is 0 Å². The van der Waals surface area contributed by atoms with Crippen LogP contribution in [0, 0.1) is 0 Å². The quantitative estimate of drug-likeness (QED) is 0.563. The number of rotatable bonds is 2. The van der Waals surface area contributed by atoms with Crippen LogP contribution < -0.4 is 0 Å². The lowest BCUT2D eigenvalue weighted by molar-refractivity contribution is -0.115. The fourth-order valence-corrected chi connectivity index (χ4v) is 0.783. The van der Waals surface area contributed by atoms with E-state index in [1.807, 2.05) is 0 Å². The van der Waals surface area contributed by atoms with Gasteiger partial charge in [0.15, 0.2) is 15.6 Å². The lowest BCUT2D eigenvalue weighted by Gasteiger charge is -2.12. The molecule has 0 aliphatic carbocycles. The van der Waals surface area contributed by atoms with Crippen LogP contribution in [-0.4, -0.2) is 22.7 Å².